The molecule has 1 fully saturated rings. The topological polar surface area (TPSA) is 47.9 Å². The Morgan fingerprint density at radius 3 is 2.50 bits per heavy atom. The minimum atomic E-state index is -0.00594. The summed E-state index contributed by atoms with van der Waals surface area (Å²) in [5.41, 5.74) is 4.00. The molecule has 28 heavy (non-hydrogen) atoms. The van der Waals surface area contributed by atoms with Crippen LogP contribution >= 0.6 is 11.8 Å². The number of carbonyl (C=O) groups is 1. The molecule has 1 saturated heterocycles. The number of amides is 1. The van der Waals surface area contributed by atoms with Gasteiger partial charge in [0.2, 0.25) is 5.91 Å². The molecule has 0 radical (unpaired) electrons. The Morgan fingerprint density at radius 2 is 1.79 bits per heavy atom. The molecule has 148 valence electrons. The molecular formula is C22H28N4OS. The van der Waals surface area contributed by atoms with Gasteiger partial charge in [-0.15, -0.1) is 0 Å². The highest BCUT2D eigenvalue weighted by Gasteiger charge is 2.19. The average molecular weight is 397 g/mol. The number of likely N-dealkylation sites (N-methyl/N-ethyl adjacent to an activating group) is 1. The van der Waals surface area contributed by atoms with Crippen LogP contribution in [0.2, 0.25) is 0 Å². The molecule has 6 heteroatoms. The lowest BCUT2D eigenvalue weighted by atomic mass is 10.1. The fourth-order valence-corrected chi connectivity index (χ4v) is 3.86. The quantitative estimate of drug-likeness (QED) is 0.629. The number of rotatable bonds is 4. The molecule has 1 N–H and O–H groups in total. The number of para-hydroxylation sites is 1. The van der Waals surface area contributed by atoms with E-state index in [1.54, 1.807) is 0 Å². The van der Waals surface area contributed by atoms with E-state index < -0.39 is 0 Å². The van der Waals surface area contributed by atoms with Gasteiger partial charge >= 0.3 is 0 Å². The van der Waals surface area contributed by atoms with Crippen LogP contribution in [0.15, 0.2) is 53.5 Å². The van der Waals surface area contributed by atoms with Gasteiger partial charge in [0.05, 0.1) is 11.4 Å². The van der Waals surface area contributed by atoms with E-state index in [1.807, 2.05) is 56.3 Å². The molecule has 1 aliphatic heterocycles. The van der Waals surface area contributed by atoms with Gasteiger partial charge in [0, 0.05) is 31.9 Å². The fourth-order valence-electron chi connectivity index (χ4n) is 2.99. The van der Waals surface area contributed by atoms with Gasteiger partial charge in [-0.2, -0.15) is 0 Å². The van der Waals surface area contributed by atoms with Crippen LogP contribution in [0, 0.1) is 13.8 Å². The minimum absolute atomic E-state index is 0.00594. The summed E-state index contributed by atoms with van der Waals surface area (Å²) in [6.45, 7) is 7.89. The normalized spacial score (nSPS) is 15.5. The monoisotopic (exact) mass is 396 g/mol. The number of piperazine rings is 1. The SMILES string of the molecule is Cc1ccc(C)c(NC(=O)CSC(=Nc2ccccc2)N2CCN(C)CC2)c1. The van der Waals surface area contributed by atoms with Crippen molar-refractivity contribution in [2.75, 3.05) is 44.3 Å². The first-order valence-corrected chi connectivity index (χ1v) is 10.6. The number of thioether (sulfide) groups is 1. The van der Waals surface area contributed by atoms with E-state index in [4.69, 9.17) is 4.99 Å². The molecule has 1 amide bonds. The van der Waals surface area contributed by atoms with Crippen molar-refractivity contribution in [3.63, 3.8) is 0 Å². The third kappa shape index (κ3) is 5.84. The standard InChI is InChI=1S/C22H28N4OS/c1-17-9-10-18(2)20(15-17)24-21(27)16-28-22(23-19-7-5-4-6-8-19)26-13-11-25(3)12-14-26/h4-10,15H,11-14,16H2,1-3H3,(H,24,27). The van der Waals surface area contributed by atoms with E-state index in [0.29, 0.717) is 5.75 Å². The van der Waals surface area contributed by atoms with Crippen LogP contribution in [0.25, 0.3) is 0 Å². The lowest BCUT2D eigenvalue weighted by molar-refractivity contribution is -0.113. The van der Waals surface area contributed by atoms with Gasteiger partial charge < -0.3 is 15.1 Å². The molecule has 0 unspecified atom stereocenters. The van der Waals surface area contributed by atoms with E-state index in [9.17, 15) is 4.79 Å². The third-order valence-corrected chi connectivity index (χ3v) is 5.77. The number of nitrogens with zero attached hydrogens (tertiary/aromatic N) is 3. The first kappa shape index (κ1) is 20.4. The first-order valence-electron chi connectivity index (χ1n) is 9.58. The maximum atomic E-state index is 12.6. The molecule has 1 heterocycles. The maximum absolute atomic E-state index is 12.6. The Kier molecular flexibility index (Phi) is 7.12. The number of benzene rings is 2. The predicted molar refractivity (Wildman–Crippen MR) is 120 cm³/mol. The number of hydrogen-bond acceptors (Lipinski definition) is 4. The Morgan fingerprint density at radius 1 is 1.07 bits per heavy atom. The van der Waals surface area contributed by atoms with Crippen LogP contribution < -0.4 is 5.32 Å². The largest absolute Gasteiger partial charge is 0.349 e. The Labute approximate surface area is 171 Å². The van der Waals surface area contributed by atoms with Gasteiger partial charge in [-0.25, -0.2) is 4.99 Å². The van der Waals surface area contributed by atoms with Gasteiger partial charge in [-0.3, -0.25) is 4.79 Å². The van der Waals surface area contributed by atoms with E-state index in [2.05, 4.69) is 28.2 Å². The second kappa shape index (κ2) is 9.75. The van der Waals surface area contributed by atoms with Crippen LogP contribution in [0.5, 0.6) is 0 Å². The van der Waals surface area contributed by atoms with Crippen molar-refractivity contribution < 1.29 is 4.79 Å². The molecule has 2 aromatic carbocycles. The highest BCUT2D eigenvalue weighted by atomic mass is 32.2. The highest BCUT2D eigenvalue weighted by Crippen LogP contribution is 2.20. The molecule has 0 atom stereocenters. The minimum Gasteiger partial charge on any atom is -0.349 e. The molecule has 5 nitrogen and oxygen atoms in total. The number of aryl methyl sites for hydroxylation is 2. The highest BCUT2D eigenvalue weighted by molar-refractivity contribution is 8.14. The zero-order valence-electron chi connectivity index (χ0n) is 16.8. The van der Waals surface area contributed by atoms with Crippen LogP contribution in [0.4, 0.5) is 11.4 Å². The molecule has 2 aromatic rings. The summed E-state index contributed by atoms with van der Waals surface area (Å²) >= 11 is 1.51. The summed E-state index contributed by atoms with van der Waals surface area (Å²) in [7, 11) is 2.14. The lowest BCUT2D eigenvalue weighted by Crippen LogP contribution is -2.46. The number of amidine groups is 1. The van der Waals surface area contributed by atoms with Crippen LogP contribution in [0.1, 0.15) is 11.1 Å². The van der Waals surface area contributed by atoms with E-state index in [0.717, 1.165) is 53.8 Å². The van der Waals surface area contributed by atoms with Crippen molar-refractivity contribution in [3.8, 4) is 0 Å². The Bertz CT molecular complexity index is 830. The van der Waals surface area contributed by atoms with Gasteiger partial charge in [0.15, 0.2) is 5.17 Å². The van der Waals surface area contributed by atoms with E-state index in [-0.39, 0.29) is 5.91 Å². The second-order valence-corrected chi connectivity index (χ2v) is 8.12. The molecule has 0 spiro atoms. The third-order valence-electron chi connectivity index (χ3n) is 4.75. The smallest absolute Gasteiger partial charge is 0.234 e. The van der Waals surface area contributed by atoms with Gasteiger partial charge in [-0.05, 0) is 50.2 Å². The zero-order chi connectivity index (χ0) is 19.9. The number of aliphatic imine (C=N–C) groups is 1. The molecular weight excluding hydrogens is 368 g/mol. The van der Waals surface area contributed by atoms with Gasteiger partial charge in [-0.1, -0.05) is 42.1 Å². The predicted octanol–water partition coefficient (Wildman–Crippen LogP) is 3.91. The van der Waals surface area contributed by atoms with E-state index >= 15 is 0 Å². The number of anilines is 1. The molecule has 3 rings (SSSR count). The van der Waals surface area contributed by atoms with Crippen molar-refractivity contribution in [1.29, 1.82) is 0 Å². The lowest BCUT2D eigenvalue weighted by Gasteiger charge is -2.34. The van der Waals surface area contributed by atoms with Crippen molar-refractivity contribution in [3.05, 3.63) is 59.7 Å². The van der Waals surface area contributed by atoms with Crippen molar-refractivity contribution in [2.24, 2.45) is 4.99 Å². The Balaban J connectivity index is 1.68. The van der Waals surface area contributed by atoms with Crippen LogP contribution in [0.3, 0.4) is 0 Å². The average Bonchev–Trinajstić information content (AvgIpc) is 2.69. The number of nitrogens with one attached hydrogen (secondary N) is 1. The van der Waals surface area contributed by atoms with Crippen molar-refractivity contribution in [1.82, 2.24) is 9.80 Å². The second-order valence-electron chi connectivity index (χ2n) is 7.18. The zero-order valence-corrected chi connectivity index (χ0v) is 17.6. The molecule has 1 aliphatic rings. The van der Waals surface area contributed by atoms with Crippen LogP contribution in [-0.2, 0) is 4.79 Å². The summed E-state index contributed by atoms with van der Waals surface area (Å²) in [5, 5.41) is 3.95. The van der Waals surface area contributed by atoms with Crippen molar-refractivity contribution in [2.45, 2.75) is 13.8 Å². The van der Waals surface area contributed by atoms with Gasteiger partial charge in [0.1, 0.15) is 0 Å². The maximum Gasteiger partial charge on any atom is 0.234 e. The number of hydrogen-bond donors (Lipinski definition) is 1. The number of carbonyl (C=O) groups excluding carboxylic acids is 1. The van der Waals surface area contributed by atoms with Gasteiger partial charge in [0.25, 0.3) is 0 Å². The molecule has 0 aromatic heterocycles. The fraction of sp³-hybridized carbons (Fsp3) is 0.364. The van der Waals surface area contributed by atoms with Crippen LogP contribution in [-0.4, -0.2) is 59.9 Å². The summed E-state index contributed by atoms with van der Waals surface area (Å²) in [6.07, 6.45) is 0. The summed E-state index contributed by atoms with van der Waals surface area (Å²) in [4.78, 5) is 22.0. The summed E-state index contributed by atoms with van der Waals surface area (Å²) in [5.74, 6) is 0.333. The molecule has 0 saturated carbocycles. The Hall–Kier alpha value is -2.31. The first-order chi connectivity index (χ1) is 13.5. The molecule has 0 aliphatic carbocycles. The van der Waals surface area contributed by atoms with Crippen molar-refractivity contribution >= 4 is 34.2 Å². The van der Waals surface area contributed by atoms with E-state index in [1.165, 1.54) is 11.8 Å². The summed E-state index contributed by atoms with van der Waals surface area (Å²) in [6, 6.07) is 16.0. The molecule has 0 bridgehead atoms. The summed E-state index contributed by atoms with van der Waals surface area (Å²) < 4.78 is 0.